The highest BCUT2D eigenvalue weighted by atomic mass is 32.2. The van der Waals surface area contributed by atoms with Crippen LogP contribution in [0, 0.1) is 31.1 Å². The maximum Gasteiger partial charge on any atom is 0.319 e. The van der Waals surface area contributed by atoms with Gasteiger partial charge in [0.05, 0.1) is 29.5 Å². The molecule has 0 spiro atoms. The van der Waals surface area contributed by atoms with Gasteiger partial charge in [-0.25, -0.2) is 0 Å². The van der Waals surface area contributed by atoms with Crippen molar-refractivity contribution in [1.29, 1.82) is 5.26 Å². The van der Waals surface area contributed by atoms with Gasteiger partial charge in [0.1, 0.15) is 5.92 Å². The lowest BCUT2D eigenvalue weighted by atomic mass is 9.78. The molecule has 7 nitrogen and oxygen atoms in total. The van der Waals surface area contributed by atoms with Crippen LogP contribution in [-0.4, -0.2) is 30.6 Å². The van der Waals surface area contributed by atoms with Crippen LogP contribution in [-0.2, 0) is 19.1 Å². The van der Waals surface area contributed by atoms with Crippen LogP contribution in [0.4, 0.5) is 5.69 Å². The van der Waals surface area contributed by atoms with E-state index in [0.717, 1.165) is 22.9 Å². The largest absolute Gasteiger partial charge is 0.468 e. The van der Waals surface area contributed by atoms with E-state index in [0.29, 0.717) is 11.3 Å². The number of anilines is 1. The molecule has 2 atom stereocenters. The summed E-state index contributed by atoms with van der Waals surface area (Å²) in [5, 5.41) is 15.6. The molecule has 0 unspecified atom stereocenters. The summed E-state index contributed by atoms with van der Waals surface area (Å²) in [6, 6.07) is 16.8. The smallest absolute Gasteiger partial charge is 0.319 e. The van der Waals surface area contributed by atoms with E-state index in [1.54, 1.807) is 24.3 Å². The van der Waals surface area contributed by atoms with Gasteiger partial charge in [0.2, 0.25) is 11.8 Å². The van der Waals surface area contributed by atoms with Crippen molar-refractivity contribution in [2.75, 3.05) is 18.2 Å². The van der Waals surface area contributed by atoms with E-state index < -0.39 is 23.7 Å². The lowest BCUT2D eigenvalue weighted by Crippen LogP contribution is -2.44. The molecule has 0 fully saturated rings. The van der Waals surface area contributed by atoms with Crippen molar-refractivity contribution in [1.82, 2.24) is 5.32 Å². The molecule has 0 saturated heterocycles. The van der Waals surface area contributed by atoms with Gasteiger partial charge in [-0.15, -0.1) is 0 Å². The predicted octanol–water partition coefficient (Wildman–Crippen LogP) is 3.41. The topological polar surface area (TPSA) is 108 Å². The molecular formula is C24H23N3O4S. The SMILES string of the molecule is COC(=O)[C@@H]1C(=O)NC(SCC(=O)Nc2cc(C)ccc2C)=C(C#N)[C@@H]1c1ccccc1. The number of methoxy groups -OCH3 is 1. The minimum atomic E-state index is -1.19. The summed E-state index contributed by atoms with van der Waals surface area (Å²) in [4.78, 5) is 37.7. The second-order valence-corrected chi connectivity index (χ2v) is 8.37. The molecule has 0 bridgehead atoms. The molecule has 0 aromatic heterocycles. The first-order valence-corrected chi connectivity index (χ1v) is 10.9. The number of ether oxygens (including phenoxy) is 1. The van der Waals surface area contributed by atoms with Gasteiger partial charge in [0, 0.05) is 11.6 Å². The van der Waals surface area contributed by atoms with E-state index in [1.165, 1.54) is 7.11 Å². The van der Waals surface area contributed by atoms with E-state index in [1.807, 2.05) is 38.1 Å². The fraction of sp³-hybridized carbons (Fsp3) is 0.250. The molecule has 164 valence electrons. The molecule has 1 aliphatic heterocycles. The van der Waals surface area contributed by atoms with Gasteiger partial charge >= 0.3 is 5.97 Å². The highest BCUT2D eigenvalue weighted by Crippen LogP contribution is 2.40. The number of amides is 2. The molecule has 2 N–H and O–H groups in total. The molecule has 0 radical (unpaired) electrons. The molecule has 0 aliphatic carbocycles. The van der Waals surface area contributed by atoms with E-state index in [4.69, 9.17) is 4.74 Å². The minimum absolute atomic E-state index is 0.0153. The van der Waals surface area contributed by atoms with Crippen LogP contribution in [0.25, 0.3) is 0 Å². The number of thioether (sulfide) groups is 1. The van der Waals surface area contributed by atoms with Gasteiger partial charge in [-0.2, -0.15) is 5.26 Å². The quantitative estimate of drug-likeness (QED) is 0.517. The lowest BCUT2D eigenvalue weighted by molar-refractivity contribution is -0.150. The van der Waals surface area contributed by atoms with Crippen molar-refractivity contribution in [3.63, 3.8) is 0 Å². The number of rotatable bonds is 6. The van der Waals surface area contributed by atoms with E-state index >= 15 is 0 Å². The summed E-state index contributed by atoms with van der Waals surface area (Å²) in [5.41, 5.74) is 3.53. The van der Waals surface area contributed by atoms with Gasteiger partial charge in [-0.1, -0.05) is 54.2 Å². The first-order chi connectivity index (χ1) is 15.3. The monoisotopic (exact) mass is 449 g/mol. The van der Waals surface area contributed by atoms with Gasteiger partial charge in [0.15, 0.2) is 0 Å². The zero-order chi connectivity index (χ0) is 23.3. The average Bonchev–Trinajstić information content (AvgIpc) is 2.79. The Morgan fingerprint density at radius 3 is 2.56 bits per heavy atom. The summed E-state index contributed by atoms with van der Waals surface area (Å²) in [6.07, 6.45) is 0. The Balaban J connectivity index is 1.87. The number of benzene rings is 2. The van der Waals surface area contributed by atoms with Crippen LogP contribution in [0.15, 0.2) is 59.1 Å². The number of aryl methyl sites for hydroxylation is 2. The number of carbonyl (C=O) groups excluding carboxylic acids is 3. The Bertz CT molecular complexity index is 1120. The van der Waals surface area contributed by atoms with Crippen molar-refractivity contribution < 1.29 is 19.1 Å². The predicted molar refractivity (Wildman–Crippen MR) is 122 cm³/mol. The number of nitrogens with one attached hydrogen (secondary N) is 2. The van der Waals surface area contributed by atoms with E-state index in [9.17, 15) is 19.6 Å². The second-order valence-electron chi connectivity index (χ2n) is 7.39. The van der Waals surface area contributed by atoms with Crippen LogP contribution in [0.1, 0.15) is 22.6 Å². The van der Waals surface area contributed by atoms with Crippen molar-refractivity contribution in [3.8, 4) is 6.07 Å². The fourth-order valence-electron chi connectivity index (χ4n) is 3.53. The van der Waals surface area contributed by atoms with Gasteiger partial charge in [-0.3, -0.25) is 14.4 Å². The number of esters is 1. The van der Waals surface area contributed by atoms with Crippen LogP contribution in [0.3, 0.4) is 0 Å². The Labute approximate surface area is 190 Å². The zero-order valence-electron chi connectivity index (χ0n) is 18.0. The average molecular weight is 450 g/mol. The maximum atomic E-state index is 12.8. The summed E-state index contributed by atoms with van der Waals surface area (Å²) < 4.78 is 4.82. The Kier molecular flexibility index (Phi) is 7.33. The highest BCUT2D eigenvalue weighted by molar-refractivity contribution is 8.03. The summed E-state index contributed by atoms with van der Waals surface area (Å²) in [6.45, 7) is 3.84. The normalized spacial score (nSPS) is 17.9. The Hall–Kier alpha value is -3.57. The first-order valence-electron chi connectivity index (χ1n) is 9.93. The third-order valence-electron chi connectivity index (χ3n) is 5.16. The highest BCUT2D eigenvalue weighted by Gasteiger charge is 2.44. The minimum Gasteiger partial charge on any atom is -0.468 e. The molecule has 2 amide bonds. The van der Waals surface area contributed by atoms with Crippen molar-refractivity contribution in [2.24, 2.45) is 5.92 Å². The van der Waals surface area contributed by atoms with Crippen molar-refractivity contribution in [3.05, 3.63) is 75.8 Å². The summed E-state index contributed by atoms with van der Waals surface area (Å²) >= 11 is 1.05. The molecule has 1 aliphatic rings. The van der Waals surface area contributed by atoms with Crippen LogP contribution in [0.5, 0.6) is 0 Å². The third-order valence-corrected chi connectivity index (χ3v) is 6.17. The molecule has 2 aromatic carbocycles. The van der Waals surface area contributed by atoms with Crippen LogP contribution < -0.4 is 10.6 Å². The van der Waals surface area contributed by atoms with Crippen molar-refractivity contribution >= 4 is 35.2 Å². The molecule has 8 heteroatoms. The molecular weight excluding hydrogens is 426 g/mol. The summed E-state index contributed by atoms with van der Waals surface area (Å²) in [5.74, 6) is -3.56. The molecule has 2 aromatic rings. The molecule has 32 heavy (non-hydrogen) atoms. The number of allylic oxidation sites excluding steroid dienone is 1. The zero-order valence-corrected chi connectivity index (χ0v) is 18.8. The van der Waals surface area contributed by atoms with Gasteiger partial charge in [0.25, 0.3) is 0 Å². The first kappa shape index (κ1) is 23.1. The molecule has 3 rings (SSSR count). The fourth-order valence-corrected chi connectivity index (χ4v) is 4.38. The third kappa shape index (κ3) is 5.01. The Morgan fingerprint density at radius 2 is 1.91 bits per heavy atom. The number of nitriles is 1. The van der Waals surface area contributed by atoms with Crippen LogP contribution in [0.2, 0.25) is 0 Å². The number of hydrogen-bond donors (Lipinski definition) is 2. The van der Waals surface area contributed by atoms with E-state index in [2.05, 4.69) is 16.7 Å². The van der Waals surface area contributed by atoms with Crippen LogP contribution >= 0.6 is 11.8 Å². The number of nitrogens with zero attached hydrogens (tertiary/aromatic N) is 1. The Morgan fingerprint density at radius 1 is 1.19 bits per heavy atom. The van der Waals surface area contributed by atoms with E-state index in [-0.39, 0.29) is 22.3 Å². The molecule has 1 heterocycles. The number of carbonyl (C=O) groups is 3. The van der Waals surface area contributed by atoms with Gasteiger partial charge in [-0.05, 0) is 36.6 Å². The number of hydrogen-bond acceptors (Lipinski definition) is 6. The standard InChI is InChI=1S/C24H23N3O4S/c1-14-9-10-15(2)18(11-14)26-19(28)13-32-23-17(12-25)20(16-7-5-4-6-8-16)21(22(29)27-23)24(30)31-3/h4-11,20-21H,13H2,1-3H3,(H,26,28)(H,27,29)/t20-,21-/m0/s1. The van der Waals surface area contributed by atoms with Crippen molar-refractivity contribution in [2.45, 2.75) is 19.8 Å². The van der Waals surface area contributed by atoms with Gasteiger partial charge < -0.3 is 15.4 Å². The molecule has 0 saturated carbocycles. The maximum absolute atomic E-state index is 12.8. The summed E-state index contributed by atoms with van der Waals surface area (Å²) in [7, 11) is 1.20. The second kappa shape index (κ2) is 10.2. The lowest BCUT2D eigenvalue weighted by Gasteiger charge is -2.30.